The third-order valence-electron chi connectivity index (χ3n) is 24.8. The zero-order valence-electron chi connectivity index (χ0n) is 65.4. The van der Waals surface area contributed by atoms with Crippen molar-refractivity contribution in [3.8, 4) is 69.6 Å². The van der Waals surface area contributed by atoms with Crippen LogP contribution in [-0.2, 0) is 63.0 Å². The molecule has 14 heterocycles. The number of ether oxygens (including phenoxy) is 10. The number of thioether (sulfide) groups is 2. The first kappa shape index (κ1) is 78.4. The van der Waals surface area contributed by atoms with Gasteiger partial charge in [0.05, 0.1) is 72.5 Å². The van der Waals surface area contributed by atoms with E-state index in [0.29, 0.717) is 105 Å². The monoisotopic (exact) mass is 1610 g/mol. The Hall–Kier alpha value is -10.5. The number of cyclic esters (lactones) is 1. The van der Waals surface area contributed by atoms with Crippen molar-refractivity contribution in [3.05, 3.63) is 144 Å². The number of anilines is 1. The minimum absolute atomic E-state index is 0.0240. The quantitative estimate of drug-likeness (QED) is 0.0463. The number of hydrogen-bond donors (Lipinski definition) is 7. The van der Waals surface area contributed by atoms with Crippen LogP contribution in [0.4, 0.5) is 5.69 Å². The summed E-state index contributed by atoms with van der Waals surface area (Å²) in [6.45, 7) is 13.1. The lowest BCUT2D eigenvalue weighted by atomic mass is 9.71. The van der Waals surface area contributed by atoms with Crippen molar-refractivity contribution in [2.24, 2.45) is 5.73 Å². The summed E-state index contributed by atoms with van der Waals surface area (Å²) in [6, 6.07) is 20.6. The minimum atomic E-state index is -1.24. The van der Waals surface area contributed by atoms with Crippen LogP contribution in [-0.4, -0.2) is 198 Å². The van der Waals surface area contributed by atoms with Gasteiger partial charge in [0, 0.05) is 131 Å². The number of aromatic hydroxyl groups is 2. The van der Waals surface area contributed by atoms with Crippen molar-refractivity contribution >= 4 is 75.7 Å². The van der Waals surface area contributed by atoms with Gasteiger partial charge in [0.1, 0.15) is 36.8 Å². The van der Waals surface area contributed by atoms with Crippen molar-refractivity contribution in [2.75, 3.05) is 91.6 Å². The number of nitrogens with zero attached hydrogens (tertiary/aromatic N) is 6. The number of aromatic amines is 1. The number of H-pyrrole nitrogens is 1. The van der Waals surface area contributed by atoms with Crippen LogP contribution in [0.25, 0.3) is 10.9 Å². The molecule has 13 aliphatic rings. The molecule has 4 fully saturated rings. The number of aliphatic carboxylic acids is 1. The highest BCUT2D eigenvalue weighted by Crippen LogP contribution is 2.67. The van der Waals surface area contributed by atoms with E-state index in [-0.39, 0.29) is 61.9 Å². The number of carboxylic acid groups (broad SMARTS) is 1. The second-order valence-electron chi connectivity index (χ2n) is 30.9. The number of ketones is 1. The van der Waals surface area contributed by atoms with Crippen LogP contribution in [0.5, 0.6) is 57.5 Å². The fourth-order valence-electron chi connectivity index (χ4n) is 20.3. The van der Waals surface area contributed by atoms with Crippen LogP contribution < -0.4 is 54.3 Å². The highest BCUT2D eigenvalue weighted by Gasteiger charge is 2.64. The summed E-state index contributed by atoms with van der Waals surface area (Å²) in [7, 11) is 7.02. The number of rotatable bonds is 6. The number of aromatic nitrogens is 1. The van der Waals surface area contributed by atoms with Gasteiger partial charge in [-0.25, -0.2) is 9.59 Å². The van der Waals surface area contributed by atoms with Crippen LogP contribution in [0.1, 0.15) is 151 Å². The van der Waals surface area contributed by atoms with Crippen LogP contribution in [0.3, 0.4) is 0 Å². The molecule has 13 aliphatic heterocycles. The third kappa shape index (κ3) is 12.6. The fourth-order valence-corrected chi connectivity index (χ4v) is 23.3. The van der Waals surface area contributed by atoms with Gasteiger partial charge in [-0.1, -0.05) is 48.5 Å². The summed E-state index contributed by atoms with van der Waals surface area (Å²) in [4.78, 5) is 87.1. The maximum atomic E-state index is 14.8. The Kier molecular flexibility index (Phi) is 20.9. The highest BCUT2D eigenvalue weighted by atomic mass is 32.2. The second kappa shape index (κ2) is 30.6. The molecule has 0 amide bonds. The van der Waals surface area contributed by atoms with Crippen LogP contribution in [0.2, 0.25) is 0 Å². The van der Waals surface area contributed by atoms with Gasteiger partial charge >= 0.3 is 23.9 Å². The molecule has 7 unspecified atom stereocenters. The van der Waals surface area contributed by atoms with Crippen molar-refractivity contribution < 1.29 is 91.5 Å². The van der Waals surface area contributed by atoms with Gasteiger partial charge in [-0.15, -0.1) is 23.5 Å². The summed E-state index contributed by atoms with van der Waals surface area (Å²) in [5, 5.41) is 60.1. The molecule has 8 N–H and O–H groups in total. The first-order valence-electron chi connectivity index (χ1n) is 38.4. The van der Waals surface area contributed by atoms with Gasteiger partial charge < -0.3 is 78.7 Å². The zero-order valence-corrected chi connectivity index (χ0v) is 67.1. The van der Waals surface area contributed by atoms with E-state index in [4.69, 9.17) is 63.0 Å². The van der Waals surface area contributed by atoms with E-state index in [1.54, 1.807) is 25.8 Å². The first-order chi connectivity index (χ1) is 55.3. The van der Waals surface area contributed by atoms with Crippen LogP contribution in [0, 0.1) is 50.4 Å². The number of nitrogens with two attached hydrogens (primary N) is 1. The molecule has 4 saturated heterocycles. The average Bonchev–Trinajstić information content (AvgIpc) is 1.52. The Labute approximate surface area is 671 Å². The number of carboxylic acids is 1. The Morgan fingerprint density at radius 1 is 0.670 bits per heavy atom. The zero-order chi connectivity index (χ0) is 81.2. The first-order valence-corrected chi connectivity index (χ1v) is 40.5. The molecule has 115 heavy (non-hydrogen) atoms. The molecule has 0 saturated carbocycles. The molecule has 8 bridgehead atoms. The molecule has 0 aliphatic carbocycles. The Bertz CT molecular complexity index is 5310. The maximum absolute atomic E-state index is 14.8. The van der Waals surface area contributed by atoms with Gasteiger partial charge in [-0.3, -0.25) is 44.1 Å². The molecular weight excluding hydrogens is 1520 g/mol. The van der Waals surface area contributed by atoms with E-state index in [1.807, 2.05) is 59.1 Å². The summed E-state index contributed by atoms with van der Waals surface area (Å²) in [5.74, 6) is 0.0936. The summed E-state index contributed by atoms with van der Waals surface area (Å²) >= 11 is 2.77. The molecule has 31 heteroatoms. The van der Waals surface area contributed by atoms with Crippen molar-refractivity contribution in [3.63, 3.8) is 0 Å². The number of likely N-dealkylation sites (N-methyl/N-ethyl adjacent to an activating group) is 2. The molecule has 6 aromatic carbocycles. The number of hydrogen-bond acceptors (Lipinski definition) is 29. The van der Waals surface area contributed by atoms with Crippen LogP contribution in [0.15, 0.2) is 60.7 Å². The van der Waals surface area contributed by atoms with E-state index in [1.165, 1.54) is 44.0 Å². The standard InChI is InChI=1S/C41H41N5O8S.C31H31N3O9S.C10H14N2.C2H4O2/c1-18-12-21-13-25-26(14-42)46-27-15-51-40(49)41(39-23(10-11-43-41)22-8-6-7-9-24(22)44-39)16-55-38(32(46)31(45(25)4)28(21)33(48)34(18)50-5)30-29(27)37-36(52-17-53-37)19(2)35(30)54-20(3)47;1-12-6-15-7-16-17(8-32)34-18-9-40-31(38)19(36)10-44-30(24(34)23(33(16)4)20(15)25(37)26(12)39-5)22-21(18)29-28(41-11-42-29)13(2)27(22)43-14(3)35;11-6-5-8-7-12-10-4-2-1-3-9(8)10;1-2(3)4/h6-9,12,25-27,31-32,38,43-44,48H,10-11,13,15-17H2,1-5H3;6,16-18,23-24,30,37H,7,9-11H2,1-5H3;1-4,8,12H,5-7,11H2;1H3,(H,3,4)/t25?,26-,27-,31?,32?,38+,41+;16?,17-,18-,23?,24?,30+;;/m00../s1. The van der Waals surface area contributed by atoms with Gasteiger partial charge in [-0.2, -0.15) is 10.5 Å². The molecule has 29 nitrogen and oxygen atoms in total. The summed E-state index contributed by atoms with van der Waals surface area (Å²) < 4.78 is 59.8. The fraction of sp³-hybridized carbons (Fsp3) is 0.452. The number of aryl methyl sites for hydroxylation is 2. The van der Waals surface area contributed by atoms with Gasteiger partial charge in [-0.05, 0) is 120 Å². The molecule has 0 radical (unpaired) electrons. The molecule has 1 aromatic heterocycles. The number of phenols is 2. The number of piperazine rings is 2. The van der Waals surface area contributed by atoms with Gasteiger partial charge in [0.15, 0.2) is 51.5 Å². The number of benzene rings is 6. The summed E-state index contributed by atoms with van der Waals surface area (Å²) in [6.07, 6.45) is 2.82. The van der Waals surface area contributed by atoms with Crippen LogP contribution >= 0.6 is 23.5 Å². The predicted molar refractivity (Wildman–Crippen MR) is 421 cm³/mol. The lowest BCUT2D eigenvalue weighted by molar-refractivity contribution is -0.157. The molecule has 1 spiro atoms. The number of esters is 4. The number of methoxy groups -OCH3 is 2. The number of para-hydroxylation sites is 2. The maximum Gasteiger partial charge on any atom is 0.375 e. The summed E-state index contributed by atoms with van der Waals surface area (Å²) in [5.41, 5.74) is 18.5. The van der Waals surface area contributed by atoms with E-state index in [9.17, 15) is 44.7 Å². The number of phenolic OH excluding ortho intramolecular Hbond substituents is 2. The van der Waals surface area contributed by atoms with Crippen molar-refractivity contribution in [1.82, 2.24) is 29.9 Å². The smallest absolute Gasteiger partial charge is 0.375 e. The van der Waals surface area contributed by atoms with Crippen molar-refractivity contribution in [1.29, 1.82) is 10.5 Å². The number of fused-ring (bicyclic) bond motifs is 21. The molecule has 14 atom stereocenters. The van der Waals surface area contributed by atoms with Gasteiger partial charge in [0.2, 0.25) is 19.4 Å². The van der Waals surface area contributed by atoms with E-state index < -0.39 is 100 Å². The molecular formula is C84H90N10O19S2. The predicted octanol–water partition coefficient (Wildman–Crippen LogP) is 9.19. The Morgan fingerprint density at radius 3 is 1.70 bits per heavy atom. The van der Waals surface area contributed by atoms with Crippen molar-refractivity contribution in [2.45, 2.75) is 157 Å². The number of nitrogens with one attached hydrogen (secondary N) is 3. The molecule has 20 rings (SSSR count). The van der Waals surface area contributed by atoms with E-state index in [2.05, 4.69) is 83.8 Å². The number of nitriles is 2. The number of carbonyl (C=O) groups excluding carboxylic acids is 5. The van der Waals surface area contributed by atoms with E-state index >= 15 is 0 Å². The number of Topliss-reactive ketones (excluding diaryl/α,β-unsaturated/α-hetero) is 1. The normalized spacial score (nSPS) is 27.3. The highest BCUT2D eigenvalue weighted by molar-refractivity contribution is 8.00. The van der Waals surface area contributed by atoms with Gasteiger partial charge in [0.25, 0.3) is 5.97 Å². The molecule has 602 valence electrons. The largest absolute Gasteiger partial charge is 0.504 e. The molecule has 7 aromatic rings. The average molecular weight is 1610 g/mol. The Morgan fingerprint density at radius 2 is 1.17 bits per heavy atom. The topological polar surface area (TPSA) is 382 Å². The SMILES string of the molecule is CC(=O)O.COc1c(C)cc2c(c1O)C1C3[C@@H]4SCC(=O)C(=O)OC[C@@H](c5c6c(c(C)c(OC(C)=O)c54)OCO6)N3[C@@H](C#N)C(C2)N1C.COc1c(C)cc2c(c1O)C1C3[C@@H]4SC[C@]5(NCCc6c5[nH]c5ccccc65)C(=O)OC[C@@H](c5c6c(c(C)c(OC(C)=O)c54)OCO6)N3[C@@H](C#N)C(C2)N1C.NCCC1CNc2ccccc21. The lowest BCUT2D eigenvalue weighted by Crippen LogP contribution is -2.69. The third-order valence-corrected chi connectivity index (χ3v) is 27.6. The van der Waals surface area contributed by atoms with E-state index in [0.717, 1.165) is 88.4 Å². The number of carbonyl (C=O) groups is 6. The minimum Gasteiger partial charge on any atom is -0.504 e. The Balaban J connectivity index is 0.000000147. The lowest BCUT2D eigenvalue weighted by Gasteiger charge is -2.62. The second-order valence-corrected chi connectivity index (χ2v) is 33.2.